The van der Waals surface area contributed by atoms with Crippen molar-refractivity contribution in [2.45, 2.75) is 57.9 Å². The molecule has 2 atom stereocenters. The van der Waals surface area contributed by atoms with Crippen molar-refractivity contribution in [3.63, 3.8) is 0 Å². The van der Waals surface area contributed by atoms with Crippen molar-refractivity contribution in [2.75, 3.05) is 19.6 Å². The molecule has 1 aliphatic carbocycles. The number of nitrogens with zero attached hydrogens (tertiary/aromatic N) is 1. The van der Waals surface area contributed by atoms with Crippen LogP contribution in [0.3, 0.4) is 0 Å². The van der Waals surface area contributed by atoms with Crippen molar-refractivity contribution in [1.29, 1.82) is 0 Å². The van der Waals surface area contributed by atoms with Gasteiger partial charge in [-0.3, -0.25) is 4.90 Å². The van der Waals surface area contributed by atoms with Gasteiger partial charge in [0.1, 0.15) is 0 Å². The molecule has 0 aromatic rings. The Bertz CT molecular complexity index is 221. The highest BCUT2D eigenvalue weighted by Gasteiger charge is 2.45. The minimum Gasteiger partial charge on any atom is -0.329 e. The second kappa shape index (κ2) is 5.05. The van der Waals surface area contributed by atoms with Gasteiger partial charge < -0.3 is 5.73 Å². The third kappa shape index (κ3) is 2.02. The summed E-state index contributed by atoms with van der Waals surface area (Å²) in [7, 11) is 0. The van der Waals surface area contributed by atoms with Crippen LogP contribution in [0.25, 0.3) is 0 Å². The standard InChI is InChI=1S/C14H28N2/c1-3-13-5-4-8-14(13,11-15)16-9-6-12(2)7-10-16/h12-13H,3-11,15H2,1-2H3. The molecule has 0 amide bonds. The smallest absolute Gasteiger partial charge is 0.0359 e. The molecule has 1 saturated carbocycles. The predicted octanol–water partition coefficient (Wildman–Crippen LogP) is 2.63. The Morgan fingerprint density at radius 2 is 1.94 bits per heavy atom. The van der Waals surface area contributed by atoms with Crippen LogP contribution in [0.4, 0.5) is 0 Å². The van der Waals surface area contributed by atoms with E-state index in [1.807, 2.05) is 0 Å². The van der Waals surface area contributed by atoms with Gasteiger partial charge in [0, 0.05) is 12.1 Å². The minimum absolute atomic E-state index is 0.370. The van der Waals surface area contributed by atoms with Crippen LogP contribution in [0.15, 0.2) is 0 Å². The third-order valence-electron chi connectivity index (χ3n) is 5.18. The molecule has 2 heteroatoms. The van der Waals surface area contributed by atoms with E-state index in [0.717, 1.165) is 18.4 Å². The fourth-order valence-corrected chi connectivity index (χ4v) is 3.98. The topological polar surface area (TPSA) is 29.3 Å². The van der Waals surface area contributed by atoms with Crippen LogP contribution in [-0.2, 0) is 0 Å². The number of hydrogen-bond acceptors (Lipinski definition) is 2. The first-order valence-corrected chi connectivity index (χ1v) is 7.18. The highest BCUT2D eigenvalue weighted by molar-refractivity contribution is 5.02. The quantitative estimate of drug-likeness (QED) is 0.798. The summed E-state index contributed by atoms with van der Waals surface area (Å²) in [5.74, 6) is 1.78. The van der Waals surface area contributed by atoms with E-state index in [1.54, 1.807) is 0 Å². The summed E-state index contributed by atoms with van der Waals surface area (Å²) in [5, 5.41) is 0. The summed E-state index contributed by atoms with van der Waals surface area (Å²) in [5.41, 5.74) is 6.53. The summed E-state index contributed by atoms with van der Waals surface area (Å²) in [6.07, 6.45) is 8.19. The van der Waals surface area contributed by atoms with Crippen LogP contribution in [-0.4, -0.2) is 30.1 Å². The molecule has 0 bridgehead atoms. The van der Waals surface area contributed by atoms with Crippen molar-refractivity contribution in [2.24, 2.45) is 17.6 Å². The second-order valence-corrected chi connectivity index (χ2v) is 5.97. The van der Waals surface area contributed by atoms with E-state index in [1.165, 1.54) is 51.6 Å². The van der Waals surface area contributed by atoms with Gasteiger partial charge >= 0.3 is 0 Å². The van der Waals surface area contributed by atoms with Gasteiger partial charge in [0.2, 0.25) is 0 Å². The van der Waals surface area contributed by atoms with Gasteiger partial charge in [-0.2, -0.15) is 0 Å². The highest BCUT2D eigenvalue weighted by Crippen LogP contribution is 2.43. The zero-order chi connectivity index (χ0) is 11.6. The van der Waals surface area contributed by atoms with Gasteiger partial charge in [0.15, 0.2) is 0 Å². The number of likely N-dealkylation sites (tertiary alicyclic amines) is 1. The fraction of sp³-hybridized carbons (Fsp3) is 1.00. The normalized spacial score (nSPS) is 38.1. The number of hydrogen-bond donors (Lipinski definition) is 1. The maximum atomic E-state index is 6.16. The first-order chi connectivity index (χ1) is 7.73. The Balaban J connectivity index is 2.08. The fourth-order valence-electron chi connectivity index (χ4n) is 3.98. The van der Waals surface area contributed by atoms with Crippen molar-refractivity contribution >= 4 is 0 Å². The maximum absolute atomic E-state index is 6.16. The number of nitrogens with two attached hydrogens (primary N) is 1. The van der Waals surface area contributed by atoms with Gasteiger partial charge in [-0.15, -0.1) is 0 Å². The van der Waals surface area contributed by atoms with Gasteiger partial charge in [-0.25, -0.2) is 0 Å². The van der Waals surface area contributed by atoms with Gasteiger partial charge in [-0.1, -0.05) is 26.7 Å². The lowest BCUT2D eigenvalue weighted by atomic mass is 9.81. The van der Waals surface area contributed by atoms with Gasteiger partial charge in [0.25, 0.3) is 0 Å². The molecule has 0 aromatic carbocycles. The Morgan fingerprint density at radius 3 is 2.50 bits per heavy atom. The first-order valence-electron chi connectivity index (χ1n) is 7.18. The molecule has 94 valence electrons. The molecule has 0 spiro atoms. The summed E-state index contributed by atoms with van der Waals surface area (Å²) < 4.78 is 0. The molecule has 1 heterocycles. The lowest BCUT2D eigenvalue weighted by Crippen LogP contribution is -2.58. The monoisotopic (exact) mass is 224 g/mol. The number of rotatable bonds is 3. The predicted molar refractivity (Wildman–Crippen MR) is 69.4 cm³/mol. The van der Waals surface area contributed by atoms with E-state index < -0.39 is 0 Å². The molecule has 0 radical (unpaired) electrons. The van der Waals surface area contributed by atoms with E-state index in [9.17, 15) is 0 Å². The van der Waals surface area contributed by atoms with E-state index in [2.05, 4.69) is 18.7 Å². The van der Waals surface area contributed by atoms with Crippen LogP contribution in [0.5, 0.6) is 0 Å². The highest BCUT2D eigenvalue weighted by atomic mass is 15.2. The van der Waals surface area contributed by atoms with E-state index in [4.69, 9.17) is 5.73 Å². The SMILES string of the molecule is CCC1CCCC1(CN)N1CCC(C)CC1. The van der Waals surface area contributed by atoms with Crippen LogP contribution >= 0.6 is 0 Å². The molecule has 2 N–H and O–H groups in total. The summed E-state index contributed by atoms with van der Waals surface area (Å²) in [4.78, 5) is 2.74. The van der Waals surface area contributed by atoms with Gasteiger partial charge in [0.05, 0.1) is 0 Å². The Labute approximate surface area is 101 Å². The zero-order valence-electron chi connectivity index (χ0n) is 11.0. The molecule has 1 saturated heterocycles. The molecule has 2 fully saturated rings. The molecule has 2 nitrogen and oxygen atoms in total. The van der Waals surface area contributed by atoms with Crippen LogP contribution in [0, 0.1) is 11.8 Å². The van der Waals surface area contributed by atoms with Crippen LogP contribution < -0.4 is 5.73 Å². The third-order valence-corrected chi connectivity index (χ3v) is 5.18. The molecule has 2 rings (SSSR count). The molecule has 0 aromatic heterocycles. The van der Waals surface area contributed by atoms with E-state index in [0.29, 0.717) is 5.54 Å². The Hall–Kier alpha value is -0.0800. The number of piperidine rings is 1. The molecule has 2 aliphatic rings. The Morgan fingerprint density at radius 1 is 1.25 bits per heavy atom. The lowest BCUT2D eigenvalue weighted by Gasteiger charge is -2.47. The first kappa shape index (κ1) is 12.4. The summed E-state index contributed by atoms with van der Waals surface area (Å²) >= 11 is 0. The summed E-state index contributed by atoms with van der Waals surface area (Å²) in [6, 6.07) is 0. The van der Waals surface area contributed by atoms with E-state index >= 15 is 0 Å². The molecule has 2 unspecified atom stereocenters. The molecule has 1 aliphatic heterocycles. The molecule has 16 heavy (non-hydrogen) atoms. The van der Waals surface area contributed by atoms with E-state index in [-0.39, 0.29) is 0 Å². The average Bonchev–Trinajstić information content (AvgIpc) is 2.74. The van der Waals surface area contributed by atoms with Crippen LogP contribution in [0.2, 0.25) is 0 Å². The maximum Gasteiger partial charge on any atom is 0.0359 e. The average molecular weight is 224 g/mol. The Kier molecular flexibility index (Phi) is 3.91. The van der Waals surface area contributed by atoms with Crippen molar-refractivity contribution in [3.05, 3.63) is 0 Å². The van der Waals surface area contributed by atoms with Crippen LogP contribution in [0.1, 0.15) is 52.4 Å². The van der Waals surface area contributed by atoms with Gasteiger partial charge in [-0.05, 0) is 50.6 Å². The zero-order valence-corrected chi connectivity index (χ0v) is 11.0. The lowest BCUT2D eigenvalue weighted by molar-refractivity contribution is 0.0272. The van der Waals surface area contributed by atoms with Crippen molar-refractivity contribution < 1.29 is 0 Å². The van der Waals surface area contributed by atoms with Crippen molar-refractivity contribution in [1.82, 2.24) is 4.90 Å². The summed E-state index contributed by atoms with van der Waals surface area (Å²) in [6.45, 7) is 8.18. The van der Waals surface area contributed by atoms with Crippen molar-refractivity contribution in [3.8, 4) is 0 Å². The largest absolute Gasteiger partial charge is 0.329 e. The second-order valence-electron chi connectivity index (χ2n) is 5.97. The minimum atomic E-state index is 0.370. The molecular weight excluding hydrogens is 196 g/mol. The molecular formula is C14H28N2.